The molecule has 0 bridgehead atoms. The van der Waals surface area contributed by atoms with E-state index in [-0.39, 0.29) is 11.8 Å². The van der Waals surface area contributed by atoms with Gasteiger partial charge in [0.05, 0.1) is 6.26 Å². The van der Waals surface area contributed by atoms with Gasteiger partial charge < -0.3 is 0 Å². The van der Waals surface area contributed by atoms with Crippen LogP contribution in [0, 0.1) is 17.8 Å². The van der Waals surface area contributed by atoms with Gasteiger partial charge >= 0.3 is 0 Å². The molecule has 2 saturated carbocycles. The molecule has 2 rings (SSSR count). The van der Waals surface area contributed by atoms with E-state index in [2.05, 4.69) is 0 Å². The molecule has 0 aliphatic heterocycles. The van der Waals surface area contributed by atoms with Crippen molar-refractivity contribution in [2.45, 2.75) is 25.7 Å². The van der Waals surface area contributed by atoms with Crippen LogP contribution in [-0.4, -0.2) is 20.6 Å². The molecule has 0 aromatic carbocycles. The summed E-state index contributed by atoms with van der Waals surface area (Å²) in [5, 5.41) is 0. The average Bonchev–Trinajstić information content (AvgIpc) is 2.58. The van der Waals surface area contributed by atoms with Gasteiger partial charge in [-0.05, 0) is 18.3 Å². The lowest BCUT2D eigenvalue weighted by atomic mass is 9.81. The standard InChI is InChI=1S/C9H15NO3S/c1-14(12,13)10-9(11)8-5-7(8)6-3-2-4-6/h6-8H,2-5H2,1H3,(H,10,11)/t7-,8+/m0/s1. The molecule has 2 fully saturated rings. The van der Waals surface area contributed by atoms with Gasteiger partial charge in [0.1, 0.15) is 0 Å². The third-order valence-electron chi connectivity index (χ3n) is 3.22. The summed E-state index contributed by atoms with van der Waals surface area (Å²) in [5.41, 5.74) is 0. The predicted octanol–water partition coefficient (Wildman–Crippen LogP) is 0.498. The third kappa shape index (κ3) is 2.08. The Morgan fingerprint density at radius 3 is 2.43 bits per heavy atom. The molecule has 0 unspecified atom stereocenters. The first kappa shape index (κ1) is 9.96. The molecule has 2 atom stereocenters. The minimum absolute atomic E-state index is 0.0324. The van der Waals surface area contributed by atoms with Crippen LogP contribution >= 0.6 is 0 Å². The monoisotopic (exact) mass is 217 g/mol. The Balaban J connectivity index is 1.84. The zero-order chi connectivity index (χ0) is 10.3. The second-order valence-electron chi connectivity index (χ2n) is 4.44. The molecule has 80 valence electrons. The third-order valence-corrected chi connectivity index (χ3v) is 3.79. The molecule has 1 N–H and O–H groups in total. The van der Waals surface area contributed by atoms with Gasteiger partial charge in [0.15, 0.2) is 0 Å². The Hall–Kier alpha value is -0.580. The smallest absolute Gasteiger partial charge is 0.236 e. The molecule has 1 amide bonds. The summed E-state index contributed by atoms with van der Waals surface area (Å²) in [7, 11) is -3.37. The van der Waals surface area contributed by atoms with Crippen molar-refractivity contribution < 1.29 is 13.2 Å². The number of hydrogen-bond acceptors (Lipinski definition) is 3. The van der Waals surface area contributed by atoms with E-state index in [0.717, 1.165) is 12.7 Å². The van der Waals surface area contributed by atoms with Crippen molar-refractivity contribution >= 4 is 15.9 Å². The average molecular weight is 217 g/mol. The predicted molar refractivity (Wildman–Crippen MR) is 51.9 cm³/mol. The number of carbonyl (C=O) groups is 1. The Morgan fingerprint density at radius 1 is 1.36 bits per heavy atom. The van der Waals surface area contributed by atoms with E-state index in [9.17, 15) is 13.2 Å². The summed E-state index contributed by atoms with van der Waals surface area (Å²) in [6.45, 7) is 0. The zero-order valence-electron chi connectivity index (χ0n) is 8.19. The minimum Gasteiger partial charge on any atom is -0.274 e. The summed E-state index contributed by atoms with van der Waals surface area (Å²) in [6, 6.07) is 0. The number of amides is 1. The van der Waals surface area contributed by atoms with Crippen molar-refractivity contribution in [3.63, 3.8) is 0 Å². The first-order valence-electron chi connectivity index (χ1n) is 4.99. The summed E-state index contributed by atoms with van der Waals surface area (Å²) in [5.74, 6) is 0.815. The van der Waals surface area contributed by atoms with E-state index < -0.39 is 10.0 Å². The lowest BCUT2D eigenvalue weighted by molar-refractivity contribution is -0.121. The fourth-order valence-electron chi connectivity index (χ4n) is 2.16. The van der Waals surface area contributed by atoms with Crippen LogP contribution in [0.15, 0.2) is 0 Å². The van der Waals surface area contributed by atoms with Crippen LogP contribution in [0.25, 0.3) is 0 Å². The highest BCUT2D eigenvalue weighted by molar-refractivity contribution is 7.89. The van der Waals surface area contributed by atoms with E-state index in [1.165, 1.54) is 19.3 Å². The van der Waals surface area contributed by atoms with Gasteiger partial charge in [-0.15, -0.1) is 0 Å². The van der Waals surface area contributed by atoms with Crippen LogP contribution in [0.2, 0.25) is 0 Å². The van der Waals surface area contributed by atoms with Crippen LogP contribution in [0.3, 0.4) is 0 Å². The van der Waals surface area contributed by atoms with Crippen molar-refractivity contribution in [2.24, 2.45) is 17.8 Å². The van der Waals surface area contributed by atoms with Crippen molar-refractivity contribution in [1.29, 1.82) is 0 Å². The summed E-state index contributed by atoms with van der Waals surface area (Å²) in [4.78, 5) is 11.4. The Morgan fingerprint density at radius 2 is 2.00 bits per heavy atom. The SMILES string of the molecule is CS(=O)(=O)NC(=O)[C@@H]1C[C@H]1C1CCC1. The van der Waals surface area contributed by atoms with Crippen LogP contribution in [0.4, 0.5) is 0 Å². The van der Waals surface area contributed by atoms with Crippen LogP contribution < -0.4 is 4.72 Å². The maximum atomic E-state index is 11.4. The van der Waals surface area contributed by atoms with Gasteiger partial charge in [0.2, 0.25) is 15.9 Å². The fourth-order valence-corrected chi connectivity index (χ4v) is 2.68. The van der Waals surface area contributed by atoms with E-state index in [0.29, 0.717) is 11.8 Å². The molecule has 2 aliphatic rings. The second-order valence-corrected chi connectivity index (χ2v) is 6.18. The highest BCUT2D eigenvalue weighted by atomic mass is 32.2. The number of sulfonamides is 1. The molecule has 4 nitrogen and oxygen atoms in total. The topological polar surface area (TPSA) is 63.2 Å². The summed E-state index contributed by atoms with van der Waals surface area (Å²) in [6.07, 6.45) is 5.60. The largest absolute Gasteiger partial charge is 0.274 e. The van der Waals surface area contributed by atoms with Crippen molar-refractivity contribution in [3.8, 4) is 0 Å². The van der Waals surface area contributed by atoms with Gasteiger partial charge in [0, 0.05) is 5.92 Å². The lowest BCUT2D eigenvalue weighted by Gasteiger charge is -2.25. The molecule has 2 aliphatic carbocycles. The van der Waals surface area contributed by atoms with Crippen molar-refractivity contribution in [2.75, 3.05) is 6.26 Å². The molecular formula is C9H15NO3S. The Labute approximate surface area is 84.1 Å². The molecule has 0 saturated heterocycles. The van der Waals surface area contributed by atoms with Crippen molar-refractivity contribution in [1.82, 2.24) is 4.72 Å². The highest BCUT2D eigenvalue weighted by Crippen LogP contribution is 2.51. The van der Waals surface area contributed by atoms with Crippen LogP contribution in [0.5, 0.6) is 0 Å². The summed E-state index contributed by atoms with van der Waals surface area (Å²) >= 11 is 0. The van der Waals surface area contributed by atoms with Gasteiger partial charge in [-0.2, -0.15) is 0 Å². The quantitative estimate of drug-likeness (QED) is 0.748. The maximum Gasteiger partial charge on any atom is 0.236 e. The molecule has 0 radical (unpaired) electrons. The Kier molecular flexibility index (Phi) is 2.29. The number of rotatable bonds is 3. The molecule has 0 aromatic heterocycles. The van der Waals surface area contributed by atoms with Gasteiger partial charge in [-0.25, -0.2) is 8.42 Å². The molecular weight excluding hydrogens is 202 g/mol. The molecule has 0 aromatic rings. The van der Waals surface area contributed by atoms with Crippen LogP contribution in [-0.2, 0) is 14.8 Å². The van der Waals surface area contributed by atoms with E-state index >= 15 is 0 Å². The normalized spacial score (nSPS) is 32.1. The fraction of sp³-hybridized carbons (Fsp3) is 0.889. The lowest BCUT2D eigenvalue weighted by Crippen LogP contribution is -2.31. The Bertz CT molecular complexity index is 345. The molecule has 0 heterocycles. The minimum atomic E-state index is -3.37. The van der Waals surface area contributed by atoms with E-state index in [1.54, 1.807) is 0 Å². The first-order chi connectivity index (χ1) is 6.47. The van der Waals surface area contributed by atoms with Crippen molar-refractivity contribution in [3.05, 3.63) is 0 Å². The van der Waals surface area contributed by atoms with Crippen LogP contribution in [0.1, 0.15) is 25.7 Å². The zero-order valence-corrected chi connectivity index (χ0v) is 9.01. The molecule has 0 spiro atoms. The van der Waals surface area contributed by atoms with E-state index in [4.69, 9.17) is 0 Å². The summed E-state index contributed by atoms with van der Waals surface area (Å²) < 4.78 is 23.7. The number of carbonyl (C=O) groups excluding carboxylic acids is 1. The maximum absolute atomic E-state index is 11.4. The highest BCUT2D eigenvalue weighted by Gasteiger charge is 2.49. The number of hydrogen-bond donors (Lipinski definition) is 1. The first-order valence-corrected chi connectivity index (χ1v) is 6.88. The molecule has 14 heavy (non-hydrogen) atoms. The molecule has 5 heteroatoms. The van der Waals surface area contributed by atoms with E-state index in [1.807, 2.05) is 4.72 Å². The van der Waals surface area contributed by atoms with Gasteiger partial charge in [-0.1, -0.05) is 19.3 Å². The van der Waals surface area contributed by atoms with Gasteiger partial charge in [0.25, 0.3) is 0 Å². The number of nitrogens with one attached hydrogen (secondary N) is 1. The van der Waals surface area contributed by atoms with Gasteiger partial charge in [-0.3, -0.25) is 9.52 Å². The second kappa shape index (κ2) is 3.22.